The van der Waals surface area contributed by atoms with Crippen LogP contribution in [0.15, 0.2) is 36.4 Å². The fraction of sp³-hybridized carbons (Fsp3) is 0.467. The predicted molar refractivity (Wildman–Crippen MR) is 87.7 cm³/mol. The molecule has 0 spiro atoms. The number of nitrogens with two attached hydrogens (primary N) is 1. The number of anilines is 2. The van der Waals surface area contributed by atoms with Crippen molar-refractivity contribution in [2.75, 3.05) is 29.4 Å². The summed E-state index contributed by atoms with van der Waals surface area (Å²) in [7, 11) is -3.37. The van der Waals surface area contributed by atoms with Crippen LogP contribution in [-0.4, -0.2) is 32.9 Å². The molecule has 0 aliphatic heterocycles. The number of hydrogen-bond donors (Lipinski definition) is 2. The largest absolute Gasteiger partial charge is 0.397 e. The van der Waals surface area contributed by atoms with Crippen LogP contribution in [0.4, 0.5) is 11.4 Å². The second-order valence-electron chi connectivity index (χ2n) is 4.90. The van der Waals surface area contributed by atoms with E-state index in [2.05, 4.69) is 0 Å². The van der Waals surface area contributed by atoms with E-state index in [1.54, 1.807) is 24.3 Å². The van der Waals surface area contributed by atoms with Crippen molar-refractivity contribution in [3.05, 3.63) is 36.4 Å². The van der Waals surface area contributed by atoms with Crippen LogP contribution in [0.1, 0.15) is 25.7 Å². The van der Waals surface area contributed by atoms with Crippen LogP contribution in [0.3, 0.4) is 0 Å². The first kappa shape index (κ1) is 17.5. The normalized spacial score (nSPS) is 11.9. The van der Waals surface area contributed by atoms with Crippen molar-refractivity contribution in [1.29, 1.82) is 0 Å². The number of rotatable bonds is 9. The summed E-state index contributed by atoms with van der Waals surface area (Å²) in [5.41, 5.74) is 6.80. The van der Waals surface area contributed by atoms with E-state index in [0.29, 0.717) is 11.4 Å². The molecule has 21 heavy (non-hydrogen) atoms. The SMILES string of the molecule is CS(=O)(=O)N(C/C=C/CCCCCO)c1ccccc1N. The molecule has 0 fully saturated rings. The van der Waals surface area contributed by atoms with Gasteiger partial charge < -0.3 is 10.8 Å². The Morgan fingerprint density at radius 1 is 1.19 bits per heavy atom. The third-order valence-electron chi connectivity index (χ3n) is 3.07. The van der Waals surface area contributed by atoms with Gasteiger partial charge in [0.2, 0.25) is 10.0 Å². The van der Waals surface area contributed by atoms with E-state index in [0.717, 1.165) is 25.7 Å². The van der Waals surface area contributed by atoms with Gasteiger partial charge in [0.05, 0.1) is 24.2 Å². The third kappa shape index (κ3) is 6.18. The summed E-state index contributed by atoms with van der Waals surface area (Å²) in [6.45, 7) is 0.492. The minimum Gasteiger partial charge on any atom is -0.397 e. The first-order valence-corrected chi connectivity index (χ1v) is 8.89. The number of benzene rings is 1. The van der Waals surface area contributed by atoms with E-state index < -0.39 is 10.0 Å². The second kappa shape index (κ2) is 8.69. The van der Waals surface area contributed by atoms with Gasteiger partial charge in [0.25, 0.3) is 0 Å². The zero-order valence-corrected chi connectivity index (χ0v) is 13.2. The molecule has 0 heterocycles. The highest BCUT2D eigenvalue weighted by atomic mass is 32.2. The lowest BCUT2D eigenvalue weighted by Crippen LogP contribution is -2.30. The molecular formula is C15H24N2O3S. The number of unbranched alkanes of at least 4 members (excludes halogenated alkanes) is 3. The molecule has 0 aromatic heterocycles. The van der Waals surface area contributed by atoms with Gasteiger partial charge in [0.1, 0.15) is 0 Å². The molecule has 5 nitrogen and oxygen atoms in total. The zero-order chi connectivity index (χ0) is 15.7. The van der Waals surface area contributed by atoms with E-state index in [1.807, 2.05) is 12.2 Å². The minimum atomic E-state index is -3.37. The molecule has 6 heteroatoms. The van der Waals surface area contributed by atoms with Gasteiger partial charge in [-0.1, -0.05) is 30.7 Å². The summed E-state index contributed by atoms with van der Waals surface area (Å²) in [4.78, 5) is 0. The fourth-order valence-electron chi connectivity index (χ4n) is 1.97. The molecule has 0 bridgehead atoms. The van der Waals surface area contributed by atoms with E-state index in [4.69, 9.17) is 10.8 Å². The summed E-state index contributed by atoms with van der Waals surface area (Å²) < 4.78 is 25.1. The summed E-state index contributed by atoms with van der Waals surface area (Å²) in [6, 6.07) is 6.93. The smallest absolute Gasteiger partial charge is 0.232 e. The summed E-state index contributed by atoms with van der Waals surface area (Å²) >= 11 is 0. The van der Waals surface area contributed by atoms with Gasteiger partial charge in [0.15, 0.2) is 0 Å². The molecule has 0 radical (unpaired) electrons. The van der Waals surface area contributed by atoms with Gasteiger partial charge in [-0.05, 0) is 31.4 Å². The predicted octanol–water partition coefficient (Wildman–Crippen LogP) is 2.14. The van der Waals surface area contributed by atoms with Crippen molar-refractivity contribution >= 4 is 21.4 Å². The average Bonchev–Trinajstić information content (AvgIpc) is 2.42. The first-order valence-electron chi connectivity index (χ1n) is 7.05. The lowest BCUT2D eigenvalue weighted by molar-refractivity contribution is 0.283. The van der Waals surface area contributed by atoms with Crippen molar-refractivity contribution in [3.8, 4) is 0 Å². The van der Waals surface area contributed by atoms with Gasteiger partial charge in [-0.25, -0.2) is 8.42 Å². The standard InChI is InChI=1S/C15H24N2O3S/c1-21(19,20)17(15-11-7-6-10-14(15)16)12-8-4-2-3-5-9-13-18/h4,6-8,10-11,18H,2-3,5,9,12-13,16H2,1H3/b8-4+. The van der Waals surface area contributed by atoms with E-state index in [9.17, 15) is 8.42 Å². The molecule has 3 N–H and O–H groups in total. The molecule has 0 saturated carbocycles. The summed E-state index contributed by atoms with van der Waals surface area (Å²) in [6.07, 6.45) is 8.63. The molecule has 0 amide bonds. The van der Waals surface area contributed by atoms with Crippen molar-refractivity contribution in [2.24, 2.45) is 0 Å². The Labute approximate surface area is 127 Å². The van der Waals surface area contributed by atoms with Crippen LogP contribution in [-0.2, 0) is 10.0 Å². The number of allylic oxidation sites excluding steroid dienone is 1. The quantitative estimate of drug-likeness (QED) is 0.416. The molecule has 0 saturated heterocycles. The highest BCUT2D eigenvalue weighted by Gasteiger charge is 2.17. The Morgan fingerprint density at radius 3 is 2.52 bits per heavy atom. The number of aliphatic hydroxyl groups excluding tert-OH is 1. The maximum atomic E-state index is 11.9. The molecule has 1 rings (SSSR count). The van der Waals surface area contributed by atoms with Gasteiger partial charge in [0, 0.05) is 6.61 Å². The molecule has 0 unspecified atom stereocenters. The first-order chi connectivity index (χ1) is 9.96. The maximum absolute atomic E-state index is 11.9. The average molecular weight is 312 g/mol. The van der Waals surface area contributed by atoms with Gasteiger partial charge in [-0.3, -0.25) is 4.31 Å². The highest BCUT2D eigenvalue weighted by molar-refractivity contribution is 7.92. The van der Waals surface area contributed by atoms with Crippen LogP contribution in [0.2, 0.25) is 0 Å². The van der Waals surface area contributed by atoms with Gasteiger partial charge in [-0.2, -0.15) is 0 Å². The van der Waals surface area contributed by atoms with Gasteiger partial charge >= 0.3 is 0 Å². The van der Waals surface area contributed by atoms with Crippen LogP contribution in [0, 0.1) is 0 Å². The van der Waals surface area contributed by atoms with Crippen LogP contribution in [0.5, 0.6) is 0 Å². The third-order valence-corrected chi connectivity index (χ3v) is 4.22. The summed E-state index contributed by atoms with van der Waals surface area (Å²) in [5, 5.41) is 8.68. The number of nitrogen functional groups attached to an aromatic ring is 1. The Balaban J connectivity index is 2.65. The van der Waals surface area contributed by atoms with Crippen molar-refractivity contribution in [3.63, 3.8) is 0 Å². The highest BCUT2D eigenvalue weighted by Crippen LogP contribution is 2.24. The molecule has 0 atom stereocenters. The van der Waals surface area contributed by atoms with Crippen LogP contribution >= 0.6 is 0 Å². The second-order valence-corrected chi connectivity index (χ2v) is 6.80. The van der Waals surface area contributed by atoms with Crippen LogP contribution < -0.4 is 10.0 Å². The van der Waals surface area contributed by atoms with E-state index in [1.165, 1.54) is 10.6 Å². The number of sulfonamides is 1. The number of para-hydroxylation sites is 2. The lowest BCUT2D eigenvalue weighted by atomic mass is 10.2. The maximum Gasteiger partial charge on any atom is 0.232 e. The molecule has 118 valence electrons. The van der Waals surface area contributed by atoms with Crippen LogP contribution in [0.25, 0.3) is 0 Å². The molecular weight excluding hydrogens is 288 g/mol. The number of nitrogens with zero attached hydrogens (tertiary/aromatic N) is 1. The minimum absolute atomic E-state index is 0.221. The Bertz CT molecular complexity index is 556. The fourth-order valence-corrected chi connectivity index (χ4v) is 2.85. The van der Waals surface area contributed by atoms with Gasteiger partial charge in [-0.15, -0.1) is 0 Å². The van der Waals surface area contributed by atoms with Crippen molar-refractivity contribution in [1.82, 2.24) is 0 Å². The Hall–Kier alpha value is -1.53. The topological polar surface area (TPSA) is 83.6 Å². The monoisotopic (exact) mass is 312 g/mol. The van der Waals surface area contributed by atoms with Crippen molar-refractivity contribution < 1.29 is 13.5 Å². The Morgan fingerprint density at radius 2 is 1.90 bits per heavy atom. The summed E-state index contributed by atoms with van der Waals surface area (Å²) in [5.74, 6) is 0. The molecule has 1 aromatic carbocycles. The molecule has 0 aliphatic carbocycles. The molecule has 0 aliphatic rings. The zero-order valence-electron chi connectivity index (χ0n) is 12.4. The Kier molecular flexibility index (Phi) is 7.25. The van der Waals surface area contributed by atoms with E-state index in [-0.39, 0.29) is 13.2 Å². The van der Waals surface area contributed by atoms with E-state index >= 15 is 0 Å². The number of aliphatic hydroxyl groups is 1. The van der Waals surface area contributed by atoms with Crippen molar-refractivity contribution in [2.45, 2.75) is 25.7 Å². The number of hydrogen-bond acceptors (Lipinski definition) is 4. The lowest BCUT2D eigenvalue weighted by Gasteiger charge is -2.22. The molecule has 1 aromatic rings.